The Morgan fingerprint density at radius 3 is 1.87 bits per heavy atom. The van der Waals surface area contributed by atoms with Gasteiger partial charge < -0.3 is 23.8 Å². The van der Waals surface area contributed by atoms with Crippen molar-refractivity contribution >= 4 is 58.2 Å². The van der Waals surface area contributed by atoms with E-state index >= 15 is 0 Å². The molecule has 0 atom stereocenters. The average Bonchev–Trinajstić information content (AvgIpc) is 2.90. The lowest BCUT2D eigenvalue weighted by molar-refractivity contribution is -0.142. The van der Waals surface area contributed by atoms with E-state index < -0.39 is 11.9 Å². The fourth-order valence-corrected chi connectivity index (χ4v) is 4.27. The maximum absolute atomic E-state index is 13.2. The number of esters is 2. The van der Waals surface area contributed by atoms with Gasteiger partial charge in [0.15, 0.2) is 11.5 Å². The number of hydrogen-bond acceptors (Lipinski definition) is 8. The molecule has 0 aliphatic heterocycles. The molecule has 0 unspecified atom stereocenters. The zero-order valence-corrected chi connectivity index (χ0v) is 23.7. The summed E-state index contributed by atoms with van der Waals surface area (Å²) in [5, 5.41) is 0.722. The van der Waals surface area contributed by atoms with E-state index in [2.05, 4.69) is 0 Å². The zero-order chi connectivity index (χ0) is 28.5. The molecule has 11 heteroatoms. The molecule has 0 amide bonds. The van der Waals surface area contributed by atoms with E-state index in [1.165, 1.54) is 30.2 Å². The smallest absolute Gasteiger partial charge is 0.325 e. The van der Waals surface area contributed by atoms with Gasteiger partial charge >= 0.3 is 11.9 Å². The second kappa shape index (κ2) is 14.1. The molecule has 0 aliphatic carbocycles. The van der Waals surface area contributed by atoms with Crippen LogP contribution in [0.2, 0.25) is 15.1 Å². The molecule has 0 spiro atoms. The number of hydrogen-bond donors (Lipinski definition) is 0. The molecule has 8 nitrogen and oxygen atoms in total. The minimum Gasteiger partial charge on any atom is -0.496 e. The van der Waals surface area contributed by atoms with Gasteiger partial charge in [-0.3, -0.25) is 14.4 Å². The highest BCUT2D eigenvalue weighted by molar-refractivity contribution is 6.37. The molecule has 3 aromatic carbocycles. The maximum Gasteiger partial charge on any atom is 0.325 e. The summed E-state index contributed by atoms with van der Waals surface area (Å²) in [6, 6.07) is 14.2. The number of halogens is 3. The molecule has 0 bridgehead atoms. The summed E-state index contributed by atoms with van der Waals surface area (Å²) in [5.74, 6) is -0.626. The molecule has 0 N–H and O–H groups in total. The molecular weight excluding hydrogens is 569 g/mol. The highest BCUT2D eigenvalue weighted by Crippen LogP contribution is 2.41. The number of ether oxygens (including phenoxy) is 4. The van der Waals surface area contributed by atoms with Gasteiger partial charge in [-0.15, -0.1) is 0 Å². The van der Waals surface area contributed by atoms with Crippen molar-refractivity contribution in [1.82, 2.24) is 0 Å². The van der Waals surface area contributed by atoms with Gasteiger partial charge in [-0.25, -0.2) is 0 Å². The Morgan fingerprint density at radius 2 is 1.36 bits per heavy atom. The monoisotopic (exact) mass is 593 g/mol. The topological polar surface area (TPSA) is 91.4 Å². The number of nitrogens with zero attached hydrogens (tertiary/aromatic N) is 1. The van der Waals surface area contributed by atoms with E-state index in [1.54, 1.807) is 50.2 Å². The molecule has 3 rings (SSSR count). The summed E-state index contributed by atoms with van der Waals surface area (Å²) in [5.41, 5.74) is 1.06. The van der Waals surface area contributed by atoms with Crippen LogP contribution in [0.25, 0.3) is 0 Å². The van der Waals surface area contributed by atoms with Crippen molar-refractivity contribution < 1.29 is 33.3 Å². The Bertz CT molecular complexity index is 1300. The van der Waals surface area contributed by atoms with Gasteiger partial charge in [0.2, 0.25) is 0 Å². The van der Waals surface area contributed by atoms with Crippen molar-refractivity contribution in [3.63, 3.8) is 0 Å². The number of benzene rings is 3. The Hall–Kier alpha value is -3.46. The van der Waals surface area contributed by atoms with Crippen LogP contribution in [0.1, 0.15) is 29.8 Å². The van der Waals surface area contributed by atoms with Crippen molar-refractivity contribution in [1.29, 1.82) is 0 Å². The first-order valence-corrected chi connectivity index (χ1v) is 13.0. The van der Waals surface area contributed by atoms with E-state index in [4.69, 9.17) is 53.8 Å². The van der Waals surface area contributed by atoms with Gasteiger partial charge in [0.25, 0.3) is 0 Å². The number of rotatable bonds is 12. The zero-order valence-electron chi connectivity index (χ0n) is 21.5. The molecule has 0 heterocycles. The van der Waals surface area contributed by atoms with Gasteiger partial charge in [-0.1, -0.05) is 34.8 Å². The van der Waals surface area contributed by atoms with Crippen molar-refractivity contribution in [2.45, 2.75) is 13.8 Å². The summed E-state index contributed by atoms with van der Waals surface area (Å²) in [4.78, 5) is 38.9. The SMILES string of the molecule is CCOC(=O)CN(CC(=O)OCC)c1cc(Cl)c(Oc2ccc(OC)c(C(=O)c3ccc(Cl)cc3)c2)c(Cl)c1. The quantitative estimate of drug-likeness (QED) is 0.171. The third-order valence-electron chi connectivity index (χ3n) is 5.34. The van der Waals surface area contributed by atoms with Crippen molar-refractivity contribution in [2.75, 3.05) is 38.3 Å². The number of ketones is 1. The second-order valence-corrected chi connectivity index (χ2v) is 9.26. The van der Waals surface area contributed by atoms with Gasteiger partial charge in [0.1, 0.15) is 24.6 Å². The largest absolute Gasteiger partial charge is 0.496 e. The van der Waals surface area contributed by atoms with E-state index in [0.29, 0.717) is 22.0 Å². The average molecular weight is 595 g/mol. The number of methoxy groups -OCH3 is 1. The van der Waals surface area contributed by atoms with Crippen LogP contribution in [0.4, 0.5) is 5.69 Å². The molecule has 3 aromatic rings. The minimum atomic E-state index is -0.537. The van der Waals surface area contributed by atoms with Gasteiger partial charge in [-0.05, 0) is 68.4 Å². The van der Waals surface area contributed by atoms with Crippen LogP contribution in [0.3, 0.4) is 0 Å². The second-order valence-electron chi connectivity index (χ2n) is 8.00. The standard InChI is InChI=1S/C28H26Cl3NO7/c1-4-37-25(33)15-32(16-26(34)38-5-2)19-12-22(30)28(23(31)13-19)39-20-10-11-24(36-3)21(14-20)27(35)17-6-8-18(29)9-7-17/h6-14H,4-5,15-16H2,1-3H3. The first kappa shape index (κ1) is 30.1. The first-order chi connectivity index (χ1) is 18.7. The number of carbonyl (C=O) groups excluding carboxylic acids is 3. The van der Waals surface area contributed by atoms with E-state index in [1.807, 2.05) is 0 Å². The predicted molar refractivity (Wildman–Crippen MR) is 150 cm³/mol. The molecule has 206 valence electrons. The Labute approximate surface area is 241 Å². The fourth-order valence-electron chi connectivity index (χ4n) is 3.59. The first-order valence-electron chi connectivity index (χ1n) is 11.9. The van der Waals surface area contributed by atoms with Gasteiger partial charge in [0.05, 0.1) is 35.9 Å². The minimum absolute atomic E-state index is 0.108. The lowest BCUT2D eigenvalue weighted by Gasteiger charge is -2.24. The molecule has 0 fully saturated rings. The molecule has 0 saturated carbocycles. The molecule has 0 aromatic heterocycles. The predicted octanol–water partition coefficient (Wildman–Crippen LogP) is 6.61. The Morgan fingerprint density at radius 1 is 0.795 bits per heavy atom. The summed E-state index contributed by atoms with van der Waals surface area (Å²) in [7, 11) is 1.46. The highest BCUT2D eigenvalue weighted by atomic mass is 35.5. The third kappa shape index (κ3) is 8.02. The van der Waals surface area contributed by atoms with Crippen molar-refractivity contribution in [2.24, 2.45) is 0 Å². The molecule has 39 heavy (non-hydrogen) atoms. The van der Waals surface area contributed by atoms with Crippen LogP contribution in [-0.2, 0) is 19.1 Å². The van der Waals surface area contributed by atoms with Crippen LogP contribution < -0.4 is 14.4 Å². The van der Waals surface area contributed by atoms with Gasteiger partial charge in [0, 0.05) is 16.3 Å². The van der Waals surface area contributed by atoms with Crippen LogP contribution in [0.15, 0.2) is 54.6 Å². The van der Waals surface area contributed by atoms with E-state index in [9.17, 15) is 14.4 Å². The number of carbonyl (C=O) groups is 3. The molecule has 0 radical (unpaired) electrons. The molecule has 0 aliphatic rings. The third-order valence-corrected chi connectivity index (χ3v) is 6.15. The maximum atomic E-state index is 13.2. The Balaban J connectivity index is 1.92. The lowest BCUT2D eigenvalue weighted by Crippen LogP contribution is -2.36. The van der Waals surface area contributed by atoms with Crippen molar-refractivity contribution in [3.05, 3.63) is 80.8 Å². The summed E-state index contributed by atoms with van der Waals surface area (Å²) in [6.45, 7) is 3.28. The Kier molecular flexibility index (Phi) is 10.9. The van der Waals surface area contributed by atoms with Crippen LogP contribution in [-0.4, -0.2) is 51.1 Å². The van der Waals surface area contributed by atoms with Crippen LogP contribution in [0, 0.1) is 0 Å². The van der Waals surface area contributed by atoms with E-state index in [-0.39, 0.29) is 59.2 Å². The summed E-state index contributed by atoms with van der Waals surface area (Å²) in [6.07, 6.45) is 0. The molecular formula is C28H26Cl3NO7. The van der Waals surface area contributed by atoms with E-state index in [0.717, 1.165) is 0 Å². The van der Waals surface area contributed by atoms with Gasteiger partial charge in [-0.2, -0.15) is 0 Å². The number of anilines is 1. The summed E-state index contributed by atoms with van der Waals surface area (Å²) >= 11 is 19.0. The molecule has 0 saturated heterocycles. The highest BCUT2D eigenvalue weighted by Gasteiger charge is 2.21. The summed E-state index contributed by atoms with van der Waals surface area (Å²) < 4.78 is 21.4. The van der Waals surface area contributed by atoms with Crippen LogP contribution in [0.5, 0.6) is 17.2 Å². The normalized spacial score (nSPS) is 10.5. The lowest BCUT2D eigenvalue weighted by atomic mass is 10.0. The van der Waals surface area contributed by atoms with Crippen LogP contribution >= 0.6 is 34.8 Å². The fraction of sp³-hybridized carbons (Fsp3) is 0.250. The van der Waals surface area contributed by atoms with Crippen molar-refractivity contribution in [3.8, 4) is 17.2 Å².